The highest BCUT2D eigenvalue weighted by atomic mass is 35.5. The summed E-state index contributed by atoms with van der Waals surface area (Å²) in [5.74, 6) is -0.534. The number of hydrogen-bond donors (Lipinski definition) is 1. The monoisotopic (exact) mass is 403 g/mol. The van der Waals surface area contributed by atoms with Gasteiger partial charge < -0.3 is 5.32 Å². The molecule has 130 valence electrons. The lowest BCUT2D eigenvalue weighted by Gasteiger charge is -1.99. The predicted octanol–water partition coefficient (Wildman–Crippen LogP) is 5.39. The Balaban J connectivity index is 1.45. The Morgan fingerprint density at radius 2 is 1.96 bits per heavy atom. The zero-order valence-electron chi connectivity index (χ0n) is 13.2. The maximum atomic E-state index is 13.2. The largest absolute Gasteiger partial charge is 0.302 e. The Hall–Kier alpha value is -2.35. The lowest BCUT2D eigenvalue weighted by Crippen LogP contribution is -2.14. The quantitative estimate of drug-likeness (QED) is 0.496. The summed E-state index contributed by atoms with van der Waals surface area (Å²) < 4.78 is 13.9. The molecule has 0 bridgehead atoms. The van der Waals surface area contributed by atoms with Crippen molar-refractivity contribution in [2.75, 3.05) is 5.32 Å². The fourth-order valence-corrected chi connectivity index (χ4v) is 4.25. The van der Waals surface area contributed by atoms with Gasteiger partial charge in [0.15, 0.2) is 5.13 Å². The van der Waals surface area contributed by atoms with Crippen LogP contribution in [0.1, 0.15) is 5.69 Å². The lowest BCUT2D eigenvalue weighted by atomic mass is 10.2. The second-order valence-electron chi connectivity index (χ2n) is 5.51. The third-order valence-electron chi connectivity index (χ3n) is 3.58. The van der Waals surface area contributed by atoms with E-state index in [1.807, 2.05) is 17.5 Å². The average molecular weight is 404 g/mol. The average Bonchev–Trinajstić information content (AvgIpc) is 3.21. The van der Waals surface area contributed by atoms with Gasteiger partial charge in [0, 0.05) is 16.0 Å². The van der Waals surface area contributed by atoms with E-state index in [-0.39, 0.29) is 18.1 Å². The minimum atomic E-state index is -0.323. The van der Waals surface area contributed by atoms with Crippen LogP contribution in [0.2, 0.25) is 5.02 Å². The highest BCUT2D eigenvalue weighted by Gasteiger charge is 2.12. The highest BCUT2D eigenvalue weighted by Crippen LogP contribution is 2.27. The molecule has 0 aliphatic rings. The number of rotatable bonds is 4. The van der Waals surface area contributed by atoms with Gasteiger partial charge in [-0.05, 0) is 30.3 Å². The summed E-state index contributed by atoms with van der Waals surface area (Å²) in [6, 6.07) is 11.7. The van der Waals surface area contributed by atoms with E-state index in [0.717, 1.165) is 10.6 Å². The zero-order chi connectivity index (χ0) is 18.1. The van der Waals surface area contributed by atoms with E-state index in [1.165, 1.54) is 34.8 Å². The summed E-state index contributed by atoms with van der Waals surface area (Å²) in [4.78, 5) is 21.0. The molecule has 4 rings (SSSR count). The van der Waals surface area contributed by atoms with Crippen LogP contribution in [-0.2, 0) is 11.2 Å². The first-order chi connectivity index (χ1) is 12.6. The molecule has 26 heavy (non-hydrogen) atoms. The molecule has 0 aliphatic carbocycles. The van der Waals surface area contributed by atoms with Crippen molar-refractivity contribution in [3.63, 3.8) is 0 Å². The van der Waals surface area contributed by atoms with E-state index in [1.54, 1.807) is 18.2 Å². The Bertz CT molecular complexity index is 1090. The Morgan fingerprint density at radius 1 is 1.15 bits per heavy atom. The maximum absolute atomic E-state index is 13.2. The number of nitrogens with one attached hydrogen (secondary N) is 1. The summed E-state index contributed by atoms with van der Waals surface area (Å²) in [7, 11) is 0. The van der Waals surface area contributed by atoms with Gasteiger partial charge in [-0.2, -0.15) is 0 Å². The molecule has 2 aromatic carbocycles. The minimum absolute atomic E-state index is 0.147. The van der Waals surface area contributed by atoms with Crippen molar-refractivity contribution >= 4 is 55.5 Å². The number of carbonyl (C=O) groups is 1. The second-order valence-corrected chi connectivity index (χ2v) is 7.83. The first kappa shape index (κ1) is 17.1. The Morgan fingerprint density at radius 3 is 2.77 bits per heavy atom. The maximum Gasteiger partial charge on any atom is 0.232 e. The molecular weight excluding hydrogens is 393 g/mol. The number of aromatic nitrogens is 2. The smallest absolute Gasteiger partial charge is 0.232 e. The van der Waals surface area contributed by atoms with E-state index >= 15 is 0 Å². The summed E-state index contributed by atoms with van der Waals surface area (Å²) in [5, 5.41) is 6.56. The van der Waals surface area contributed by atoms with Gasteiger partial charge in [0.2, 0.25) is 5.91 Å². The number of anilines is 1. The number of fused-ring (bicyclic) bond motifs is 1. The molecule has 0 saturated carbocycles. The molecule has 2 heterocycles. The van der Waals surface area contributed by atoms with Crippen LogP contribution in [0.3, 0.4) is 0 Å². The third-order valence-corrected chi connectivity index (χ3v) is 5.71. The van der Waals surface area contributed by atoms with Crippen molar-refractivity contribution in [1.82, 2.24) is 9.97 Å². The summed E-state index contributed by atoms with van der Waals surface area (Å²) in [5.41, 5.74) is 2.30. The van der Waals surface area contributed by atoms with Crippen LogP contribution in [-0.4, -0.2) is 15.9 Å². The molecule has 0 spiro atoms. The highest BCUT2D eigenvalue weighted by molar-refractivity contribution is 7.22. The molecule has 4 nitrogen and oxygen atoms in total. The van der Waals surface area contributed by atoms with Crippen molar-refractivity contribution in [1.29, 1.82) is 0 Å². The van der Waals surface area contributed by atoms with Crippen LogP contribution in [0.4, 0.5) is 9.52 Å². The van der Waals surface area contributed by atoms with Crippen LogP contribution < -0.4 is 5.32 Å². The second kappa shape index (κ2) is 7.11. The topological polar surface area (TPSA) is 54.9 Å². The first-order valence-electron chi connectivity index (χ1n) is 7.63. The fraction of sp³-hybridized carbons (Fsp3) is 0.0556. The van der Waals surface area contributed by atoms with Crippen LogP contribution in [0, 0.1) is 5.82 Å². The van der Waals surface area contributed by atoms with Crippen molar-refractivity contribution in [3.8, 4) is 10.6 Å². The predicted molar refractivity (Wildman–Crippen MR) is 104 cm³/mol. The Kier molecular flexibility index (Phi) is 4.67. The number of hydrogen-bond acceptors (Lipinski definition) is 5. The van der Waals surface area contributed by atoms with E-state index < -0.39 is 0 Å². The van der Waals surface area contributed by atoms with Crippen LogP contribution in [0.15, 0.2) is 47.8 Å². The molecule has 0 unspecified atom stereocenters. The molecule has 0 saturated heterocycles. The van der Waals surface area contributed by atoms with Gasteiger partial charge in [-0.1, -0.05) is 35.1 Å². The third kappa shape index (κ3) is 3.75. The van der Waals surface area contributed by atoms with E-state index in [2.05, 4.69) is 15.3 Å². The molecule has 0 radical (unpaired) electrons. The van der Waals surface area contributed by atoms with Gasteiger partial charge in [0.1, 0.15) is 10.8 Å². The minimum Gasteiger partial charge on any atom is -0.302 e. The molecule has 1 amide bonds. The van der Waals surface area contributed by atoms with E-state index in [4.69, 9.17) is 11.6 Å². The van der Waals surface area contributed by atoms with Gasteiger partial charge in [0.05, 0.1) is 22.3 Å². The standard InChI is InChI=1S/C18H11ClFN3OS2/c19-11-3-1-10(2-4-11)17-21-13(9-25-17)8-16(24)23-18-22-14-6-5-12(20)7-15(14)26-18/h1-7,9H,8H2,(H,22,23,24). The van der Waals surface area contributed by atoms with Gasteiger partial charge in [-0.3, -0.25) is 4.79 Å². The van der Waals surface area contributed by atoms with Gasteiger partial charge in [0.25, 0.3) is 0 Å². The van der Waals surface area contributed by atoms with E-state index in [9.17, 15) is 9.18 Å². The summed E-state index contributed by atoms with van der Waals surface area (Å²) in [6.45, 7) is 0. The molecule has 8 heteroatoms. The van der Waals surface area contributed by atoms with Crippen LogP contribution >= 0.6 is 34.3 Å². The van der Waals surface area contributed by atoms with Crippen molar-refractivity contribution in [2.24, 2.45) is 0 Å². The van der Waals surface area contributed by atoms with Crippen molar-refractivity contribution in [2.45, 2.75) is 6.42 Å². The summed E-state index contributed by atoms with van der Waals surface area (Å²) in [6.07, 6.45) is 0.147. The molecule has 0 aliphatic heterocycles. The molecule has 1 N–H and O–H groups in total. The number of halogens is 2. The Labute approximate surface area is 161 Å². The number of thiazole rings is 2. The van der Waals surface area contributed by atoms with Gasteiger partial charge in [-0.25, -0.2) is 14.4 Å². The number of amides is 1. The van der Waals surface area contributed by atoms with Crippen LogP contribution in [0.5, 0.6) is 0 Å². The van der Waals surface area contributed by atoms with E-state index in [0.29, 0.717) is 26.1 Å². The van der Waals surface area contributed by atoms with Gasteiger partial charge >= 0.3 is 0 Å². The number of carbonyl (C=O) groups excluding carboxylic acids is 1. The first-order valence-corrected chi connectivity index (χ1v) is 9.70. The molecule has 2 aromatic heterocycles. The van der Waals surface area contributed by atoms with Crippen molar-refractivity contribution in [3.05, 3.63) is 64.4 Å². The lowest BCUT2D eigenvalue weighted by molar-refractivity contribution is -0.115. The SMILES string of the molecule is O=C(Cc1csc(-c2ccc(Cl)cc2)n1)Nc1nc2ccc(F)cc2s1. The molecule has 4 aromatic rings. The summed E-state index contributed by atoms with van der Waals surface area (Å²) >= 11 is 8.61. The molecular formula is C18H11ClFN3OS2. The number of nitrogens with zero attached hydrogens (tertiary/aromatic N) is 2. The zero-order valence-corrected chi connectivity index (χ0v) is 15.6. The van der Waals surface area contributed by atoms with Gasteiger partial charge in [-0.15, -0.1) is 11.3 Å². The van der Waals surface area contributed by atoms with Crippen LogP contribution in [0.25, 0.3) is 20.8 Å². The molecule has 0 atom stereocenters. The fourth-order valence-electron chi connectivity index (χ4n) is 2.39. The normalized spacial score (nSPS) is 11.0. The number of benzene rings is 2. The molecule has 0 fully saturated rings. The van der Waals surface area contributed by atoms with Crippen molar-refractivity contribution < 1.29 is 9.18 Å².